The zero-order valence-corrected chi connectivity index (χ0v) is 12.3. The quantitative estimate of drug-likeness (QED) is 0.837. The first kappa shape index (κ1) is 13.6. The Morgan fingerprint density at radius 1 is 1.22 bits per heavy atom. The van der Waals surface area contributed by atoms with Crippen LogP contribution in [0.3, 0.4) is 0 Å². The largest absolute Gasteiger partial charge is 0.327 e. The van der Waals surface area contributed by atoms with Gasteiger partial charge in [0.05, 0.1) is 0 Å². The molecule has 1 nitrogen and oxygen atoms in total. The van der Waals surface area contributed by atoms with Gasteiger partial charge in [-0.2, -0.15) is 0 Å². The Labute approximate surface area is 112 Å². The lowest BCUT2D eigenvalue weighted by atomic mass is 9.68. The molecule has 1 heteroatoms. The van der Waals surface area contributed by atoms with Crippen LogP contribution >= 0.6 is 0 Å². The Balaban J connectivity index is 2.17. The van der Waals surface area contributed by atoms with Crippen molar-refractivity contribution in [2.75, 3.05) is 0 Å². The normalized spacial score (nSPS) is 27.2. The minimum absolute atomic E-state index is 0.386. The van der Waals surface area contributed by atoms with Crippen molar-refractivity contribution >= 4 is 0 Å². The average Bonchev–Trinajstić information content (AvgIpc) is 2.28. The van der Waals surface area contributed by atoms with E-state index >= 15 is 0 Å². The highest BCUT2D eigenvalue weighted by molar-refractivity contribution is 5.34. The second-order valence-corrected chi connectivity index (χ2v) is 6.91. The van der Waals surface area contributed by atoms with E-state index in [0.29, 0.717) is 17.4 Å². The van der Waals surface area contributed by atoms with Gasteiger partial charge in [0.25, 0.3) is 0 Å². The number of nitrogens with two attached hydrogens (primary N) is 1. The molecule has 1 saturated carbocycles. The zero-order valence-electron chi connectivity index (χ0n) is 12.3. The van der Waals surface area contributed by atoms with E-state index in [1.165, 1.54) is 36.0 Å². The Bertz CT molecular complexity index is 399. The number of hydrogen-bond acceptors (Lipinski definition) is 1. The Kier molecular flexibility index (Phi) is 3.82. The van der Waals surface area contributed by atoms with Crippen LogP contribution in [0.25, 0.3) is 0 Å². The van der Waals surface area contributed by atoms with Crippen molar-refractivity contribution < 1.29 is 0 Å². The van der Waals surface area contributed by atoms with Crippen molar-refractivity contribution in [2.24, 2.45) is 17.1 Å². The molecule has 1 aromatic rings. The minimum Gasteiger partial charge on any atom is -0.327 e. The topological polar surface area (TPSA) is 26.0 Å². The summed E-state index contributed by atoms with van der Waals surface area (Å²) in [4.78, 5) is 0. The fourth-order valence-corrected chi connectivity index (χ4v) is 3.41. The molecule has 0 spiro atoms. The monoisotopic (exact) mass is 245 g/mol. The first-order chi connectivity index (χ1) is 8.39. The van der Waals surface area contributed by atoms with E-state index in [9.17, 15) is 0 Å². The second-order valence-electron chi connectivity index (χ2n) is 6.91. The van der Waals surface area contributed by atoms with E-state index in [1.54, 1.807) is 0 Å². The van der Waals surface area contributed by atoms with Crippen molar-refractivity contribution in [1.29, 1.82) is 0 Å². The van der Waals surface area contributed by atoms with E-state index in [-0.39, 0.29) is 0 Å². The van der Waals surface area contributed by atoms with E-state index in [2.05, 4.69) is 45.9 Å². The molecule has 1 aliphatic rings. The lowest BCUT2D eigenvalue weighted by Crippen LogP contribution is -2.40. The first-order valence-corrected chi connectivity index (χ1v) is 7.20. The summed E-state index contributed by atoms with van der Waals surface area (Å²) in [6.45, 7) is 9.22. The second kappa shape index (κ2) is 5.05. The number of rotatable bonds is 2. The van der Waals surface area contributed by atoms with Gasteiger partial charge in [-0.1, -0.05) is 32.0 Å². The molecule has 18 heavy (non-hydrogen) atoms. The van der Waals surface area contributed by atoms with Gasteiger partial charge in [0, 0.05) is 6.04 Å². The SMILES string of the molecule is Cc1cccc(C)c1CC1CC(C)(C)CCC1N. The van der Waals surface area contributed by atoms with E-state index < -0.39 is 0 Å². The smallest absolute Gasteiger partial charge is 0.00707 e. The molecule has 2 rings (SSSR count). The lowest BCUT2D eigenvalue weighted by Gasteiger charge is -2.39. The van der Waals surface area contributed by atoms with Gasteiger partial charge in [0.2, 0.25) is 0 Å². The van der Waals surface area contributed by atoms with Gasteiger partial charge in [-0.15, -0.1) is 0 Å². The highest BCUT2D eigenvalue weighted by atomic mass is 14.7. The Morgan fingerprint density at radius 3 is 2.44 bits per heavy atom. The summed E-state index contributed by atoms with van der Waals surface area (Å²) in [5, 5.41) is 0. The molecular formula is C17H27N. The average molecular weight is 245 g/mol. The van der Waals surface area contributed by atoms with Gasteiger partial charge < -0.3 is 5.73 Å². The molecule has 2 unspecified atom stereocenters. The van der Waals surface area contributed by atoms with Crippen LogP contribution in [0.1, 0.15) is 49.8 Å². The van der Waals surface area contributed by atoms with Crippen molar-refractivity contribution in [3.63, 3.8) is 0 Å². The predicted octanol–water partition coefficient (Wildman–Crippen LogP) is 4.00. The molecule has 0 bridgehead atoms. The predicted molar refractivity (Wildman–Crippen MR) is 78.7 cm³/mol. The summed E-state index contributed by atoms with van der Waals surface area (Å²) >= 11 is 0. The van der Waals surface area contributed by atoms with Crippen LogP contribution in [0.2, 0.25) is 0 Å². The Morgan fingerprint density at radius 2 is 1.83 bits per heavy atom. The van der Waals surface area contributed by atoms with Gasteiger partial charge in [0.1, 0.15) is 0 Å². The van der Waals surface area contributed by atoms with E-state index in [0.717, 1.165) is 6.42 Å². The molecular weight excluding hydrogens is 218 g/mol. The van der Waals surface area contributed by atoms with Crippen LogP contribution in [-0.4, -0.2) is 6.04 Å². The van der Waals surface area contributed by atoms with E-state index in [4.69, 9.17) is 5.73 Å². The van der Waals surface area contributed by atoms with Gasteiger partial charge in [-0.25, -0.2) is 0 Å². The maximum atomic E-state index is 6.35. The molecule has 0 saturated heterocycles. The summed E-state index contributed by atoms with van der Waals surface area (Å²) < 4.78 is 0. The summed E-state index contributed by atoms with van der Waals surface area (Å²) in [6.07, 6.45) is 4.88. The van der Waals surface area contributed by atoms with E-state index in [1.807, 2.05) is 0 Å². The van der Waals surface area contributed by atoms with Gasteiger partial charge in [0.15, 0.2) is 0 Å². The fourth-order valence-electron chi connectivity index (χ4n) is 3.41. The maximum absolute atomic E-state index is 6.35. The standard InChI is InChI=1S/C17H27N/c1-12-6-5-7-13(2)15(12)10-14-11-17(3,4)9-8-16(14)18/h5-7,14,16H,8-11,18H2,1-4H3. The molecule has 1 aliphatic carbocycles. The zero-order chi connectivity index (χ0) is 13.3. The highest BCUT2D eigenvalue weighted by Crippen LogP contribution is 2.39. The van der Waals surface area contributed by atoms with Gasteiger partial charge >= 0.3 is 0 Å². The van der Waals surface area contributed by atoms with Crippen molar-refractivity contribution in [1.82, 2.24) is 0 Å². The minimum atomic E-state index is 0.386. The molecule has 1 fully saturated rings. The van der Waals surface area contributed by atoms with Crippen molar-refractivity contribution in [3.8, 4) is 0 Å². The fraction of sp³-hybridized carbons (Fsp3) is 0.647. The third-order valence-corrected chi connectivity index (χ3v) is 4.69. The number of benzene rings is 1. The van der Waals surface area contributed by atoms with Crippen LogP contribution in [0.15, 0.2) is 18.2 Å². The third kappa shape index (κ3) is 2.95. The van der Waals surface area contributed by atoms with Crippen LogP contribution in [0.5, 0.6) is 0 Å². The molecule has 100 valence electrons. The van der Waals surface area contributed by atoms with Gasteiger partial charge in [-0.3, -0.25) is 0 Å². The summed E-state index contributed by atoms with van der Waals surface area (Å²) in [7, 11) is 0. The molecule has 2 atom stereocenters. The summed E-state index contributed by atoms with van der Waals surface area (Å²) in [5.41, 5.74) is 11.2. The summed E-state index contributed by atoms with van der Waals surface area (Å²) in [5.74, 6) is 0.647. The third-order valence-electron chi connectivity index (χ3n) is 4.69. The molecule has 0 aliphatic heterocycles. The first-order valence-electron chi connectivity index (χ1n) is 7.20. The maximum Gasteiger partial charge on any atom is 0.00707 e. The van der Waals surface area contributed by atoms with Crippen molar-refractivity contribution in [3.05, 3.63) is 34.9 Å². The number of hydrogen-bond donors (Lipinski definition) is 1. The molecule has 0 aromatic heterocycles. The van der Waals surface area contributed by atoms with Crippen LogP contribution in [0, 0.1) is 25.2 Å². The molecule has 0 heterocycles. The van der Waals surface area contributed by atoms with Crippen molar-refractivity contribution in [2.45, 2.75) is 59.4 Å². The summed E-state index contributed by atoms with van der Waals surface area (Å²) in [6, 6.07) is 6.99. The molecule has 0 radical (unpaired) electrons. The molecule has 0 amide bonds. The lowest BCUT2D eigenvalue weighted by molar-refractivity contribution is 0.157. The highest BCUT2D eigenvalue weighted by Gasteiger charge is 2.33. The molecule has 2 N–H and O–H groups in total. The number of aryl methyl sites for hydroxylation is 2. The van der Waals surface area contributed by atoms with Crippen LogP contribution in [-0.2, 0) is 6.42 Å². The Hall–Kier alpha value is -0.820. The van der Waals surface area contributed by atoms with Crippen LogP contribution < -0.4 is 5.73 Å². The molecule has 1 aromatic carbocycles. The van der Waals surface area contributed by atoms with Crippen LogP contribution in [0.4, 0.5) is 0 Å². The van der Waals surface area contributed by atoms with Gasteiger partial charge in [-0.05, 0) is 67.6 Å².